The molecule has 0 N–H and O–H groups in total. The number of halogens is 1. The molecule has 0 atom stereocenters. The lowest BCUT2D eigenvalue weighted by Gasteiger charge is -2.13. The number of methoxy groups -OCH3 is 1. The number of hydrogen-bond donors (Lipinski definition) is 0. The molecule has 0 spiro atoms. The summed E-state index contributed by atoms with van der Waals surface area (Å²) in [6.45, 7) is 0.666. The van der Waals surface area contributed by atoms with Crippen LogP contribution in [0.1, 0.15) is 5.56 Å². The second-order valence-corrected chi connectivity index (χ2v) is 7.61. The molecule has 0 fully saturated rings. The van der Waals surface area contributed by atoms with E-state index >= 15 is 0 Å². The zero-order chi connectivity index (χ0) is 21.2. The molecular weight excluding hydrogens is 406 g/mol. The highest BCUT2D eigenvalue weighted by atomic mass is 35.5. The largest absolute Gasteiger partial charge is 0.497 e. The van der Waals surface area contributed by atoms with Crippen LogP contribution in [0.25, 0.3) is 33.4 Å². The summed E-state index contributed by atoms with van der Waals surface area (Å²) < 4.78 is 7.60. The van der Waals surface area contributed by atoms with Crippen LogP contribution in [0.3, 0.4) is 0 Å². The molecule has 0 amide bonds. The van der Waals surface area contributed by atoms with Gasteiger partial charge in [-0.2, -0.15) is 0 Å². The van der Waals surface area contributed by atoms with Crippen LogP contribution in [0, 0.1) is 0 Å². The van der Waals surface area contributed by atoms with Crippen LogP contribution in [-0.4, -0.2) is 21.6 Å². The molecular formula is C26H20ClN3O. The summed E-state index contributed by atoms with van der Waals surface area (Å²) in [5, 5.41) is 1.31. The van der Waals surface area contributed by atoms with Crippen LogP contribution < -0.4 is 4.74 Å². The van der Waals surface area contributed by atoms with Gasteiger partial charge < -0.3 is 9.30 Å². The zero-order valence-corrected chi connectivity index (χ0v) is 17.8. The summed E-state index contributed by atoms with van der Waals surface area (Å²) in [5.41, 5.74) is 6.21. The normalized spacial score (nSPS) is 11.0. The molecule has 0 saturated heterocycles. The van der Waals surface area contributed by atoms with Crippen molar-refractivity contribution in [3.63, 3.8) is 0 Å². The second-order valence-electron chi connectivity index (χ2n) is 7.25. The number of benzene rings is 3. The first-order chi connectivity index (χ1) is 15.3. The highest BCUT2D eigenvalue weighted by Gasteiger charge is 2.23. The van der Waals surface area contributed by atoms with Crippen molar-refractivity contribution in [3.05, 3.63) is 102 Å². The maximum absolute atomic E-state index is 6.65. The molecule has 0 aliphatic carbocycles. The first-order valence-corrected chi connectivity index (χ1v) is 10.4. The quantitative estimate of drug-likeness (QED) is 0.303. The third-order valence-corrected chi connectivity index (χ3v) is 5.69. The van der Waals surface area contributed by atoms with Crippen molar-refractivity contribution < 1.29 is 4.74 Å². The van der Waals surface area contributed by atoms with E-state index in [4.69, 9.17) is 16.3 Å². The molecule has 5 heteroatoms. The molecule has 4 nitrogen and oxygen atoms in total. The topological polar surface area (TPSA) is 39.9 Å². The first kappa shape index (κ1) is 19.3. The Hall–Kier alpha value is -3.63. The molecule has 0 radical (unpaired) electrons. The van der Waals surface area contributed by atoms with E-state index < -0.39 is 0 Å². The van der Waals surface area contributed by atoms with E-state index in [1.807, 2.05) is 48.5 Å². The van der Waals surface area contributed by atoms with Gasteiger partial charge in [-0.1, -0.05) is 72.3 Å². The maximum Gasteiger partial charge on any atom is 0.146 e. The highest BCUT2D eigenvalue weighted by Crippen LogP contribution is 2.43. The summed E-state index contributed by atoms with van der Waals surface area (Å²) in [4.78, 5) is 8.94. The molecule has 5 rings (SSSR count). The van der Waals surface area contributed by atoms with E-state index in [1.165, 1.54) is 11.9 Å². The fourth-order valence-electron chi connectivity index (χ4n) is 3.99. The van der Waals surface area contributed by atoms with E-state index in [2.05, 4.69) is 50.9 Å². The Morgan fingerprint density at radius 3 is 2.16 bits per heavy atom. The summed E-state index contributed by atoms with van der Waals surface area (Å²) >= 11 is 6.65. The van der Waals surface area contributed by atoms with Crippen molar-refractivity contribution in [2.75, 3.05) is 7.11 Å². The lowest BCUT2D eigenvalue weighted by Crippen LogP contribution is -2.03. The van der Waals surface area contributed by atoms with E-state index in [-0.39, 0.29) is 0 Å². The fourth-order valence-corrected chi connectivity index (χ4v) is 4.21. The van der Waals surface area contributed by atoms with Crippen LogP contribution in [0.15, 0.2) is 91.3 Å². The number of hydrogen-bond acceptors (Lipinski definition) is 3. The van der Waals surface area contributed by atoms with Gasteiger partial charge in [-0.25, -0.2) is 9.97 Å². The van der Waals surface area contributed by atoms with Gasteiger partial charge in [-0.05, 0) is 41.0 Å². The van der Waals surface area contributed by atoms with Crippen LogP contribution in [0.2, 0.25) is 5.15 Å². The number of aromatic nitrogens is 3. The minimum absolute atomic E-state index is 0.449. The Kier molecular flexibility index (Phi) is 5.14. The van der Waals surface area contributed by atoms with Crippen molar-refractivity contribution in [1.29, 1.82) is 0 Å². The Balaban J connectivity index is 1.86. The van der Waals surface area contributed by atoms with Crippen molar-refractivity contribution in [1.82, 2.24) is 14.5 Å². The minimum atomic E-state index is 0.449. The van der Waals surface area contributed by atoms with Crippen LogP contribution >= 0.6 is 11.6 Å². The standard InChI is InChI=1S/C26H20ClN3O/c1-31-21-14-12-20(13-15-21)24-22(19-10-6-3-7-11-19)23-25(27)28-17-29-26(23)30(24)16-18-8-4-2-5-9-18/h2-15,17H,16H2,1H3. The van der Waals surface area contributed by atoms with Crippen molar-refractivity contribution in [2.45, 2.75) is 6.54 Å². The SMILES string of the molecule is COc1ccc(-c2c(-c3ccccc3)c3c(Cl)ncnc3n2Cc2ccccc2)cc1. The van der Waals surface area contributed by atoms with Crippen molar-refractivity contribution >= 4 is 22.6 Å². The van der Waals surface area contributed by atoms with Gasteiger partial charge >= 0.3 is 0 Å². The van der Waals surface area contributed by atoms with Gasteiger partial charge in [0.15, 0.2) is 0 Å². The van der Waals surface area contributed by atoms with Crippen LogP contribution in [0.4, 0.5) is 0 Å². The lowest BCUT2D eigenvalue weighted by molar-refractivity contribution is 0.415. The van der Waals surface area contributed by atoms with Gasteiger partial charge in [-0.3, -0.25) is 0 Å². The Morgan fingerprint density at radius 2 is 1.48 bits per heavy atom. The molecule has 2 heterocycles. The summed E-state index contributed by atoms with van der Waals surface area (Å²) in [5.74, 6) is 0.813. The molecule has 0 saturated carbocycles. The molecule has 0 aliphatic heterocycles. The van der Waals surface area contributed by atoms with E-state index in [0.29, 0.717) is 11.7 Å². The minimum Gasteiger partial charge on any atom is -0.497 e. The van der Waals surface area contributed by atoms with Gasteiger partial charge in [0.05, 0.1) is 18.2 Å². The number of ether oxygens (including phenoxy) is 1. The predicted octanol–water partition coefficient (Wildman–Crippen LogP) is 6.48. The number of rotatable bonds is 5. The Morgan fingerprint density at radius 1 is 0.806 bits per heavy atom. The van der Waals surface area contributed by atoms with E-state index in [0.717, 1.165) is 39.2 Å². The van der Waals surface area contributed by atoms with Gasteiger partial charge in [0.25, 0.3) is 0 Å². The van der Waals surface area contributed by atoms with E-state index in [9.17, 15) is 0 Å². The maximum atomic E-state index is 6.65. The first-order valence-electron chi connectivity index (χ1n) is 10.0. The molecule has 3 aromatic carbocycles. The molecule has 5 aromatic rings. The highest BCUT2D eigenvalue weighted by molar-refractivity contribution is 6.35. The zero-order valence-electron chi connectivity index (χ0n) is 17.0. The summed E-state index contributed by atoms with van der Waals surface area (Å²) in [6.07, 6.45) is 1.53. The molecule has 0 bridgehead atoms. The summed E-state index contributed by atoms with van der Waals surface area (Å²) in [6, 6.07) is 28.7. The molecule has 0 aliphatic rings. The van der Waals surface area contributed by atoms with Crippen molar-refractivity contribution in [2.24, 2.45) is 0 Å². The van der Waals surface area contributed by atoms with Gasteiger partial charge in [0.1, 0.15) is 22.9 Å². The molecule has 2 aromatic heterocycles. The fraction of sp³-hybridized carbons (Fsp3) is 0.0769. The van der Waals surface area contributed by atoms with Gasteiger partial charge in [0.2, 0.25) is 0 Å². The smallest absolute Gasteiger partial charge is 0.146 e. The van der Waals surface area contributed by atoms with Crippen LogP contribution in [0.5, 0.6) is 5.75 Å². The van der Waals surface area contributed by atoms with Gasteiger partial charge in [-0.15, -0.1) is 0 Å². The Labute approximate surface area is 185 Å². The van der Waals surface area contributed by atoms with Gasteiger partial charge in [0, 0.05) is 12.1 Å². The average Bonchev–Trinajstić information content (AvgIpc) is 3.15. The van der Waals surface area contributed by atoms with Crippen LogP contribution in [-0.2, 0) is 6.54 Å². The number of fused-ring (bicyclic) bond motifs is 1. The number of nitrogens with zero attached hydrogens (tertiary/aromatic N) is 3. The third kappa shape index (κ3) is 3.56. The third-order valence-electron chi connectivity index (χ3n) is 5.40. The van der Waals surface area contributed by atoms with Crippen molar-refractivity contribution in [3.8, 4) is 28.1 Å². The van der Waals surface area contributed by atoms with E-state index in [1.54, 1.807) is 7.11 Å². The molecule has 0 unspecified atom stereocenters. The molecule has 31 heavy (non-hydrogen) atoms. The summed E-state index contributed by atoms with van der Waals surface area (Å²) in [7, 11) is 1.67. The Bertz CT molecular complexity index is 1330. The second kappa shape index (κ2) is 8.25. The monoisotopic (exact) mass is 425 g/mol. The predicted molar refractivity (Wildman–Crippen MR) is 126 cm³/mol. The lowest BCUT2D eigenvalue weighted by atomic mass is 9.99. The molecule has 152 valence electrons. The average molecular weight is 426 g/mol.